The van der Waals surface area contributed by atoms with E-state index in [-0.39, 0.29) is 0 Å². The SMILES string of the molecule is CCC/C=C(\CCC)c1cn(C)c2ccccc12. The number of unbranched alkanes of at least 4 members (excludes halogenated alkanes) is 1. The summed E-state index contributed by atoms with van der Waals surface area (Å²) < 4.78 is 2.24. The number of benzene rings is 1. The maximum Gasteiger partial charge on any atom is 0.0484 e. The lowest BCUT2D eigenvalue weighted by Crippen LogP contribution is -1.84. The number of aromatic nitrogens is 1. The summed E-state index contributed by atoms with van der Waals surface area (Å²) in [7, 11) is 2.13. The molecule has 0 saturated heterocycles. The molecule has 0 bridgehead atoms. The number of hydrogen-bond acceptors (Lipinski definition) is 0. The molecule has 0 atom stereocenters. The Balaban J connectivity index is 2.50. The molecule has 0 N–H and O–H groups in total. The fourth-order valence-electron chi connectivity index (χ4n) is 2.53. The van der Waals surface area contributed by atoms with E-state index in [1.807, 2.05) is 0 Å². The lowest BCUT2D eigenvalue weighted by Gasteiger charge is -2.05. The topological polar surface area (TPSA) is 4.93 Å². The first-order valence-corrected chi connectivity index (χ1v) is 7.01. The fourth-order valence-corrected chi connectivity index (χ4v) is 2.53. The quantitative estimate of drug-likeness (QED) is 0.681. The van der Waals surface area contributed by atoms with Crippen LogP contribution in [-0.4, -0.2) is 4.57 Å². The Hall–Kier alpha value is -1.50. The summed E-state index contributed by atoms with van der Waals surface area (Å²) in [6.45, 7) is 4.49. The summed E-state index contributed by atoms with van der Waals surface area (Å²) in [5.41, 5.74) is 4.26. The molecule has 96 valence electrons. The molecule has 1 nitrogen and oxygen atoms in total. The van der Waals surface area contributed by atoms with Crippen LogP contribution in [-0.2, 0) is 7.05 Å². The van der Waals surface area contributed by atoms with E-state index in [1.165, 1.54) is 47.7 Å². The van der Waals surface area contributed by atoms with Crippen molar-refractivity contribution < 1.29 is 0 Å². The zero-order valence-electron chi connectivity index (χ0n) is 11.7. The predicted molar refractivity (Wildman–Crippen MR) is 80.7 cm³/mol. The molecule has 1 heterocycles. The Morgan fingerprint density at radius 2 is 1.94 bits per heavy atom. The molecule has 1 heteroatoms. The van der Waals surface area contributed by atoms with E-state index in [1.54, 1.807) is 0 Å². The second kappa shape index (κ2) is 5.90. The maximum absolute atomic E-state index is 2.42. The third-order valence-corrected chi connectivity index (χ3v) is 3.44. The molecule has 0 aliphatic heterocycles. The summed E-state index contributed by atoms with van der Waals surface area (Å²) in [6.07, 6.45) is 9.48. The van der Waals surface area contributed by atoms with Gasteiger partial charge in [0, 0.05) is 29.7 Å². The van der Waals surface area contributed by atoms with Gasteiger partial charge in [0.2, 0.25) is 0 Å². The van der Waals surface area contributed by atoms with Gasteiger partial charge in [-0.3, -0.25) is 0 Å². The van der Waals surface area contributed by atoms with Crippen molar-refractivity contribution >= 4 is 16.5 Å². The highest BCUT2D eigenvalue weighted by molar-refractivity contribution is 5.93. The van der Waals surface area contributed by atoms with Gasteiger partial charge < -0.3 is 4.57 Å². The largest absolute Gasteiger partial charge is 0.350 e. The minimum absolute atomic E-state index is 1.17. The van der Waals surface area contributed by atoms with Gasteiger partial charge in [-0.1, -0.05) is 51.0 Å². The third kappa shape index (κ3) is 2.50. The normalized spacial score (nSPS) is 12.3. The van der Waals surface area contributed by atoms with Gasteiger partial charge in [-0.05, 0) is 24.5 Å². The number of nitrogens with zero attached hydrogens (tertiary/aromatic N) is 1. The van der Waals surface area contributed by atoms with Crippen molar-refractivity contribution in [3.8, 4) is 0 Å². The average Bonchev–Trinajstić information content (AvgIpc) is 2.73. The molecule has 0 fully saturated rings. The molecular formula is C17H23N. The standard InChI is InChI=1S/C17H23N/c1-4-6-10-14(9-5-2)16-13-18(3)17-12-8-7-11-15(16)17/h7-8,10-13H,4-6,9H2,1-3H3/b14-10+. The van der Waals surface area contributed by atoms with Crippen molar-refractivity contribution in [1.29, 1.82) is 0 Å². The molecule has 0 radical (unpaired) electrons. The summed E-state index contributed by atoms with van der Waals surface area (Å²) in [4.78, 5) is 0. The highest BCUT2D eigenvalue weighted by Gasteiger charge is 2.09. The van der Waals surface area contributed by atoms with Crippen LogP contribution in [0.3, 0.4) is 0 Å². The number of hydrogen-bond donors (Lipinski definition) is 0. The molecule has 0 amide bonds. The molecule has 0 spiro atoms. The van der Waals surface area contributed by atoms with Crippen molar-refractivity contribution in [1.82, 2.24) is 4.57 Å². The van der Waals surface area contributed by atoms with E-state index in [0.29, 0.717) is 0 Å². The van der Waals surface area contributed by atoms with Crippen LogP contribution in [0.1, 0.15) is 45.1 Å². The molecule has 1 aromatic carbocycles. The summed E-state index contributed by atoms with van der Waals surface area (Å²) in [5.74, 6) is 0. The zero-order valence-corrected chi connectivity index (χ0v) is 11.7. The Morgan fingerprint density at radius 3 is 2.67 bits per heavy atom. The van der Waals surface area contributed by atoms with Crippen LogP contribution in [0.25, 0.3) is 16.5 Å². The van der Waals surface area contributed by atoms with Crippen LogP contribution < -0.4 is 0 Å². The van der Waals surface area contributed by atoms with Gasteiger partial charge in [-0.25, -0.2) is 0 Å². The molecule has 0 aliphatic rings. The van der Waals surface area contributed by atoms with Gasteiger partial charge in [-0.15, -0.1) is 0 Å². The van der Waals surface area contributed by atoms with Crippen LogP contribution in [0.15, 0.2) is 36.5 Å². The minimum Gasteiger partial charge on any atom is -0.350 e. The molecule has 2 rings (SSSR count). The second-order valence-corrected chi connectivity index (χ2v) is 4.94. The van der Waals surface area contributed by atoms with Crippen molar-refractivity contribution in [2.24, 2.45) is 7.05 Å². The van der Waals surface area contributed by atoms with Crippen LogP contribution in [0.5, 0.6) is 0 Å². The van der Waals surface area contributed by atoms with Crippen molar-refractivity contribution in [3.63, 3.8) is 0 Å². The molecule has 0 aliphatic carbocycles. The van der Waals surface area contributed by atoms with E-state index < -0.39 is 0 Å². The fraction of sp³-hybridized carbons (Fsp3) is 0.412. The van der Waals surface area contributed by atoms with E-state index in [2.05, 4.69) is 62.0 Å². The maximum atomic E-state index is 2.42. The first-order chi connectivity index (χ1) is 8.77. The van der Waals surface area contributed by atoms with Crippen molar-refractivity contribution in [3.05, 3.63) is 42.1 Å². The number of para-hydroxylation sites is 1. The smallest absolute Gasteiger partial charge is 0.0484 e. The molecule has 0 saturated carbocycles. The number of rotatable bonds is 5. The second-order valence-electron chi connectivity index (χ2n) is 4.94. The molecule has 2 aromatic rings. The van der Waals surface area contributed by atoms with Gasteiger partial charge in [0.05, 0.1) is 0 Å². The molecule has 1 aromatic heterocycles. The first kappa shape index (κ1) is 12.9. The predicted octanol–water partition coefficient (Wildman–Crippen LogP) is 5.16. The Kier molecular flexibility index (Phi) is 4.24. The monoisotopic (exact) mass is 241 g/mol. The van der Waals surface area contributed by atoms with E-state index in [0.717, 1.165) is 0 Å². The Morgan fingerprint density at radius 1 is 1.17 bits per heavy atom. The number of aryl methyl sites for hydroxylation is 1. The van der Waals surface area contributed by atoms with Gasteiger partial charge in [-0.2, -0.15) is 0 Å². The van der Waals surface area contributed by atoms with E-state index in [9.17, 15) is 0 Å². The number of fused-ring (bicyclic) bond motifs is 1. The van der Waals surface area contributed by atoms with Crippen LogP contribution in [0, 0.1) is 0 Å². The van der Waals surface area contributed by atoms with Crippen LogP contribution in [0.4, 0.5) is 0 Å². The highest BCUT2D eigenvalue weighted by atomic mass is 14.9. The van der Waals surface area contributed by atoms with Gasteiger partial charge >= 0.3 is 0 Å². The highest BCUT2D eigenvalue weighted by Crippen LogP contribution is 2.29. The lowest BCUT2D eigenvalue weighted by atomic mass is 9.99. The summed E-state index contributed by atoms with van der Waals surface area (Å²) in [5, 5.41) is 1.39. The summed E-state index contributed by atoms with van der Waals surface area (Å²) >= 11 is 0. The van der Waals surface area contributed by atoms with Gasteiger partial charge in [0.25, 0.3) is 0 Å². The first-order valence-electron chi connectivity index (χ1n) is 7.01. The van der Waals surface area contributed by atoms with Gasteiger partial charge in [0.1, 0.15) is 0 Å². The van der Waals surface area contributed by atoms with Crippen molar-refractivity contribution in [2.75, 3.05) is 0 Å². The Labute approximate surface area is 110 Å². The minimum atomic E-state index is 1.17. The lowest BCUT2D eigenvalue weighted by molar-refractivity contribution is 0.929. The number of allylic oxidation sites excluding steroid dienone is 2. The van der Waals surface area contributed by atoms with Crippen LogP contribution in [0.2, 0.25) is 0 Å². The van der Waals surface area contributed by atoms with Crippen LogP contribution >= 0.6 is 0 Å². The third-order valence-electron chi connectivity index (χ3n) is 3.44. The molecule has 18 heavy (non-hydrogen) atoms. The molecule has 0 unspecified atom stereocenters. The average molecular weight is 241 g/mol. The van der Waals surface area contributed by atoms with E-state index in [4.69, 9.17) is 0 Å². The van der Waals surface area contributed by atoms with Gasteiger partial charge in [0.15, 0.2) is 0 Å². The zero-order chi connectivity index (χ0) is 13.0. The van der Waals surface area contributed by atoms with E-state index >= 15 is 0 Å². The Bertz CT molecular complexity index is 546. The van der Waals surface area contributed by atoms with Crippen molar-refractivity contribution in [2.45, 2.75) is 39.5 Å². The summed E-state index contributed by atoms with van der Waals surface area (Å²) in [6, 6.07) is 8.68. The molecular weight excluding hydrogens is 218 g/mol.